The van der Waals surface area contributed by atoms with E-state index in [4.69, 9.17) is 10.1 Å². The normalized spacial score (nSPS) is 27.7. The van der Waals surface area contributed by atoms with Crippen molar-refractivity contribution in [3.63, 3.8) is 0 Å². The molecule has 0 amide bonds. The average molecular weight is 139 g/mol. The van der Waals surface area contributed by atoms with Gasteiger partial charge < -0.3 is 4.74 Å². The molecule has 0 aromatic rings. The number of nitrogens with one attached hydrogen (secondary N) is 1. The molecule has 1 N–H and O–H groups in total. The molecular weight excluding hydrogens is 126 g/mol. The molecule has 56 valence electrons. The van der Waals surface area contributed by atoms with Gasteiger partial charge in [-0.3, -0.25) is 5.41 Å². The largest absolute Gasteiger partial charge is 0.484 e. The minimum atomic E-state index is 0.231. The van der Waals surface area contributed by atoms with Crippen LogP contribution in [-0.4, -0.2) is 13.0 Å². The summed E-state index contributed by atoms with van der Waals surface area (Å²) in [6.45, 7) is 0. The Hall–Kier alpha value is -0.530. The zero-order valence-corrected chi connectivity index (χ0v) is 6.31. The summed E-state index contributed by atoms with van der Waals surface area (Å²) in [5.41, 5.74) is 0.231. The fourth-order valence-corrected chi connectivity index (χ4v) is 1.79. The van der Waals surface area contributed by atoms with Crippen molar-refractivity contribution >= 4 is 5.90 Å². The Morgan fingerprint density at radius 2 is 2.10 bits per heavy atom. The van der Waals surface area contributed by atoms with E-state index in [9.17, 15) is 0 Å². The van der Waals surface area contributed by atoms with Crippen LogP contribution in [0.15, 0.2) is 0 Å². The van der Waals surface area contributed by atoms with Crippen LogP contribution in [0.3, 0.4) is 0 Å². The van der Waals surface area contributed by atoms with Gasteiger partial charge in [0.25, 0.3) is 0 Å². The van der Waals surface area contributed by atoms with E-state index in [1.165, 1.54) is 25.7 Å². The van der Waals surface area contributed by atoms with Gasteiger partial charge in [0.05, 0.1) is 7.11 Å². The van der Waals surface area contributed by atoms with Crippen molar-refractivity contribution in [3.8, 4) is 0 Å². The topological polar surface area (TPSA) is 33.1 Å². The molecule has 0 bridgehead atoms. The van der Waals surface area contributed by atoms with E-state index in [0.29, 0.717) is 5.90 Å². The Balaban J connectivity index is 2.06. The van der Waals surface area contributed by atoms with Crippen LogP contribution in [-0.2, 0) is 4.74 Å². The van der Waals surface area contributed by atoms with Crippen molar-refractivity contribution in [3.05, 3.63) is 0 Å². The molecule has 0 heterocycles. The number of hydrogen-bond acceptors (Lipinski definition) is 2. The molecule has 0 spiro atoms. The van der Waals surface area contributed by atoms with Crippen LogP contribution in [0.1, 0.15) is 25.7 Å². The van der Waals surface area contributed by atoms with E-state index in [0.717, 1.165) is 5.92 Å². The highest BCUT2D eigenvalue weighted by Crippen LogP contribution is 2.61. The predicted molar refractivity (Wildman–Crippen MR) is 39.1 cm³/mol. The van der Waals surface area contributed by atoms with Gasteiger partial charge in [-0.2, -0.15) is 0 Å². The van der Waals surface area contributed by atoms with E-state index >= 15 is 0 Å². The molecule has 2 nitrogen and oxygen atoms in total. The lowest BCUT2D eigenvalue weighted by Crippen LogP contribution is -2.18. The highest BCUT2D eigenvalue weighted by atomic mass is 16.5. The zero-order valence-electron chi connectivity index (χ0n) is 6.31. The summed E-state index contributed by atoms with van der Waals surface area (Å²) in [5.74, 6) is 1.34. The first-order valence-electron chi connectivity index (χ1n) is 3.92. The minimum Gasteiger partial charge on any atom is -0.484 e. The second-order valence-corrected chi connectivity index (χ2v) is 3.46. The van der Waals surface area contributed by atoms with Gasteiger partial charge in [-0.05, 0) is 31.6 Å². The highest BCUT2D eigenvalue weighted by Gasteiger charge is 2.58. The SMILES string of the molecule is COC(=N)C1(C2CC2)CC1. The maximum atomic E-state index is 7.55. The third kappa shape index (κ3) is 0.678. The summed E-state index contributed by atoms with van der Waals surface area (Å²) in [5, 5.41) is 7.55. The molecule has 0 radical (unpaired) electrons. The molecule has 0 aliphatic heterocycles. The first-order chi connectivity index (χ1) is 4.79. The van der Waals surface area contributed by atoms with Gasteiger partial charge in [0, 0.05) is 5.41 Å². The summed E-state index contributed by atoms with van der Waals surface area (Å²) in [4.78, 5) is 0. The van der Waals surface area contributed by atoms with Crippen LogP contribution in [0.25, 0.3) is 0 Å². The van der Waals surface area contributed by atoms with Crippen molar-refractivity contribution in [1.29, 1.82) is 5.41 Å². The van der Waals surface area contributed by atoms with E-state index < -0.39 is 0 Å². The zero-order chi connectivity index (χ0) is 7.19. The van der Waals surface area contributed by atoms with Gasteiger partial charge in [-0.1, -0.05) is 0 Å². The molecule has 0 aromatic heterocycles. The molecule has 2 heteroatoms. The molecular formula is C8H13NO. The minimum absolute atomic E-state index is 0.231. The van der Waals surface area contributed by atoms with E-state index in [2.05, 4.69) is 0 Å². The van der Waals surface area contributed by atoms with E-state index in [-0.39, 0.29) is 5.41 Å². The van der Waals surface area contributed by atoms with Crippen LogP contribution in [0.5, 0.6) is 0 Å². The van der Waals surface area contributed by atoms with Gasteiger partial charge >= 0.3 is 0 Å². The quantitative estimate of drug-likeness (QED) is 0.459. The van der Waals surface area contributed by atoms with Crippen LogP contribution in [0.2, 0.25) is 0 Å². The summed E-state index contributed by atoms with van der Waals surface area (Å²) >= 11 is 0. The van der Waals surface area contributed by atoms with Crippen molar-refractivity contribution < 1.29 is 4.74 Å². The summed E-state index contributed by atoms with van der Waals surface area (Å²) in [7, 11) is 1.62. The summed E-state index contributed by atoms with van der Waals surface area (Å²) < 4.78 is 4.96. The van der Waals surface area contributed by atoms with Crippen molar-refractivity contribution in [2.45, 2.75) is 25.7 Å². The molecule has 10 heavy (non-hydrogen) atoms. The second-order valence-electron chi connectivity index (χ2n) is 3.46. The first-order valence-corrected chi connectivity index (χ1v) is 3.92. The maximum Gasteiger partial charge on any atom is 0.186 e. The van der Waals surface area contributed by atoms with Gasteiger partial charge in [0.15, 0.2) is 5.90 Å². The molecule has 0 unspecified atom stereocenters. The highest BCUT2D eigenvalue weighted by molar-refractivity contribution is 5.83. The molecule has 2 aliphatic carbocycles. The molecule has 2 rings (SSSR count). The van der Waals surface area contributed by atoms with Gasteiger partial charge in [-0.15, -0.1) is 0 Å². The first kappa shape index (κ1) is 6.20. The Kier molecular flexibility index (Phi) is 1.08. The average Bonchev–Trinajstić information content (AvgIpc) is 2.74. The molecule has 0 atom stereocenters. The number of methoxy groups -OCH3 is 1. The Bertz CT molecular complexity index is 168. The Morgan fingerprint density at radius 3 is 2.40 bits per heavy atom. The third-order valence-electron chi connectivity index (χ3n) is 2.80. The van der Waals surface area contributed by atoms with Crippen LogP contribution >= 0.6 is 0 Å². The van der Waals surface area contributed by atoms with E-state index in [1.54, 1.807) is 7.11 Å². The van der Waals surface area contributed by atoms with Crippen LogP contribution in [0.4, 0.5) is 0 Å². The van der Waals surface area contributed by atoms with Crippen molar-refractivity contribution in [2.24, 2.45) is 11.3 Å². The maximum absolute atomic E-state index is 7.55. The summed E-state index contributed by atoms with van der Waals surface area (Å²) in [6, 6.07) is 0. The smallest absolute Gasteiger partial charge is 0.186 e. The molecule has 2 saturated carbocycles. The molecule has 2 aliphatic rings. The van der Waals surface area contributed by atoms with Gasteiger partial charge in [-0.25, -0.2) is 0 Å². The van der Waals surface area contributed by atoms with Crippen molar-refractivity contribution in [2.75, 3.05) is 7.11 Å². The monoisotopic (exact) mass is 139 g/mol. The predicted octanol–water partition coefficient (Wildman–Crippen LogP) is 1.80. The fraction of sp³-hybridized carbons (Fsp3) is 0.875. The fourth-order valence-electron chi connectivity index (χ4n) is 1.79. The number of rotatable bonds is 2. The third-order valence-corrected chi connectivity index (χ3v) is 2.80. The van der Waals surface area contributed by atoms with Gasteiger partial charge in [0.1, 0.15) is 0 Å². The molecule has 0 saturated heterocycles. The molecule has 2 fully saturated rings. The number of ether oxygens (including phenoxy) is 1. The van der Waals surface area contributed by atoms with Crippen LogP contribution in [0, 0.1) is 16.7 Å². The Labute approximate surface area is 61.1 Å². The van der Waals surface area contributed by atoms with Crippen molar-refractivity contribution in [1.82, 2.24) is 0 Å². The lowest BCUT2D eigenvalue weighted by atomic mass is 10.0. The lowest BCUT2D eigenvalue weighted by molar-refractivity contribution is 0.341. The summed E-state index contributed by atoms with van der Waals surface area (Å²) in [6.07, 6.45) is 5.05. The lowest BCUT2D eigenvalue weighted by Gasteiger charge is -2.12. The van der Waals surface area contributed by atoms with Crippen LogP contribution < -0.4 is 0 Å². The van der Waals surface area contributed by atoms with E-state index in [1.807, 2.05) is 0 Å². The second kappa shape index (κ2) is 1.74. The number of hydrogen-bond donors (Lipinski definition) is 1. The molecule has 0 aromatic carbocycles. The van der Waals surface area contributed by atoms with Gasteiger partial charge in [0.2, 0.25) is 0 Å². The standard InChI is InChI=1S/C8H13NO/c1-10-7(9)8(4-5-8)6-2-3-6/h6,9H,2-5H2,1H3. The Morgan fingerprint density at radius 1 is 1.50 bits per heavy atom.